The molecule has 0 radical (unpaired) electrons. The second-order valence-electron chi connectivity index (χ2n) is 4.96. The van der Waals surface area contributed by atoms with Crippen molar-refractivity contribution in [3.8, 4) is 0 Å². The molecule has 1 heterocycles. The molecule has 7 heteroatoms. The van der Waals surface area contributed by atoms with Crippen LogP contribution in [-0.2, 0) is 11.2 Å². The van der Waals surface area contributed by atoms with Crippen LogP contribution in [0.5, 0.6) is 0 Å². The minimum atomic E-state index is -0.827. The summed E-state index contributed by atoms with van der Waals surface area (Å²) in [4.78, 5) is 16.6. The number of thiazole rings is 1. The minimum absolute atomic E-state index is 0.314. The van der Waals surface area contributed by atoms with E-state index in [0.29, 0.717) is 21.7 Å². The summed E-state index contributed by atoms with van der Waals surface area (Å²) in [5.74, 6) is -1.65. The van der Waals surface area contributed by atoms with Crippen molar-refractivity contribution in [3.63, 3.8) is 0 Å². The number of aryl methyl sites for hydroxylation is 2. The molecule has 0 saturated carbocycles. The first kappa shape index (κ1) is 14.5. The van der Waals surface area contributed by atoms with Gasteiger partial charge in [-0.2, -0.15) is 0 Å². The predicted octanol–water partition coefficient (Wildman–Crippen LogP) is 4.21. The first-order chi connectivity index (χ1) is 9.95. The van der Waals surface area contributed by atoms with E-state index in [-0.39, 0.29) is 5.82 Å². The summed E-state index contributed by atoms with van der Waals surface area (Å²) in [5.41, 5.74) is 2.18. The highest BCUT2D eigenvalue weighted by molar-refractivity contribution is 9.10. The Balaban J connectivity index is 1.89. The minimum Gasteiger partial charge on any atom is -0.481 e. The number of carbonyl (C=O) groups is 1. The third-order valence-electron chi connectivity index (χ3n) is 3.52. The number of nitrogens with zero attached hydrogens (tertiary/aromatic N) is 1. The van der Waals surface area contributed by atoms with E-state index in [2.05, 4.69) is 26.2 Å². The van der Waals surface area contributed by atoms with Crippen LogP contribution in [0.3, 0.4) is 0 Å². The maximum absolute atomic E-state index is 13.4. The van der Waals surface area contributed by atoms with Crippen LogP contribution in [0.1, 0.15) is 28.5 Å². The Morgan fingerprint density at radius 3 is 3.05 bits per heavy atom. The molecule has 2 aromatic rings. The topological polar surface area (TPSA) is 62.2 Å². The molecule has 1 unspecified atom stereocenters. The molecule has 1 aliphatic carbocycles. The summed E-state index contributed by atoms with van der Waals surface area (Å²) in [6.07, 6.45) is 1.36. The Morgan fingerprint density at radius 2 is 2.33 bits per heavy atom. The van der Waals surface area contributed by atoms with Crippen LogP contribution < -0.4 is 5.32 Å². The zero-order valence-corrected chi connectivity index (χ0v) is 13.5. The van der Waals surface area contributed by atoms with E-state index in [1.807, 2.05) is 0 Å². The maximum Gasteiger partial charge on any atom is 0.312 e. The van der Waals surface area contributed by atoms with Gasteiger partial charge in [-0.05, 0) is 53.4 Å². The van der Waals surface area contributed by atoms with Gasteiger partial charge in [0.1, 0.15) is 11.7 Å². The standard InChI is InChI=1S/C14H12BrFN2O2S/c1-6-4-9(16)8(15)5-10(6)17-14-18-12-7(13(19)20)2-3-11(12)21-14/h4-5,7H,2-3H2,1H3,(H,17,18)(H,19,20). The Kier molecular flexibility index (Phi) is 3.71. The maximum atomic E-state index is 13.4. The van der Waals surface area contributed by atoms with Gasteiger partial charge in [0.2, 0.25) is 0 Å². The summed E-state index contributed by atoms with van der Waals surface area (Å²) in [5, 5.41) is 13.0. The largest absolute Gasteiger partial charge is 0.481 e. The fourth-order valence-corrected chi connectivity index (χ4v) is 3.81. The van der Waals surface area contributed by atoms with Crippen molar-refractivity contribution in [3.05, 3.63) is 38.6 Å². The number of fused-ring (bicyclic) bond motifs is 1. The van der Waals surface area contributed by atoms with Gasteiger partial charge in [-0.3, -0.25) is 4.79 Å². The number of benzene rings is 1. The molecule has 0 saturated heterocycles. The Labute approximate surface area is 133 Å². The van der Waals surface area contributed by atoms with Crippen LogP contribution in [0.4, 0.5) is 15.2 Å². The number of hydrogen-bond donors (Lipinski definition) is 2. The van der Waals surface area contributed by atoms with E-state index in [0.717, 1.165) is 22.5 Å². The molecular formula is C14H12BrFN2O2S. The molecule has 3 rings (SSSR count). The number of aromatic nitrogens is 1. The lowest BCUT2D eigenvalue weighted by atomic mass is 10.1. The van der Waals surface area contributed by atoms with E-state index >= 15 is 0 Å². The van der Waals surface area contributed by atoms with E-state index < -0.39 is 11.9 Å². The quantitative estimate of drug-likeness (QED) is 0.849. The molecule has 1 aliphatic rings. The lowest BCUT2D eigenvalue weighted by Crippen LogP contribution is -2.08. The van der Waals surface area contributed by atoms with E-state index in [1.165, 1.54) is 17.4 Å². The molecule has 0 fully saturated rings. The van der Waals surface area contributed by atoms with Crippen molar-refractivity contribution in [2.45, 2.75) is 25.7 Å². The first-order valence-electron chi connectivity index (χ1n) is 6.41. The number of hydrogen-bond acceptors (Lipinski definition) is 4. The number of nitrogens with one attached hydrogen (secondary N) is 1. The monoisotopic (exact) mass is 370 g/mol. The van der Waals surface area contributed by atoms with Crippen LogP contribution >= 0.6 is 27.3 Å². The molecule has 2 N–H and O–H groups in total. The van der Waals surface area contributed by atoms with Crippen LogP contribution in [0, 0.1) is 12.7 Å². The molecule has 0 aliphatic heterocycles. The summed E-state index contributed by atoms with van der Waals surface area (Å²) in [6, 6.07) is 3.10. The van der Waals surface area contributed by atoms with Crippen molar-refractivity contribution in [2.24, 2.45) is 0 Å². The van der Waals surface area contributed by atoms with E-state index in [1.54, 1.807) is 13.0 Å². The molecular weight excluding hydrogens is 359 g/mol. The first-order valence-corrected chi connectivity index (χ1v) is 8.01. The second-order valence-corrected chi connectivity index (χ2v) is 6.90. The molecule has 1 atom stereocenters. The van der Waals surface area contributed by atoms with Gasteiger partial charge in [0.25, 0.3) is 0 Å². The lowest BCUT2D eigenvalue weighted by molar-refractivity contribution is -0.138. The third-order valence-corrected chi connectivity index (χ3v) is 5.18. The van der Waals surface area contributed by atoms with Gasteiger partial charge in [0.15, 0.2) is 5.13 Å². The zero-order valence-electron chi connectivity index (χ0n) is 11.1. The molecule has 1 aromatic heterocycles. The Morgan fingerprint density at radius 1 is 1.57 bits per heavy atom. The number of aliphatic carboxylic acids is 1. The van der Waals surface area contributed by atoms with E-state index in [4.69, 9.17) is 5.11 Å². The number of anilines is 2. The summed E-state index contributed by atoms with van der Waals surface area (Å²) in [6.45, 7) is 1.80. The van der Waals surface area contributed by atoms with Crippen LogP contribution in [0.2, 0.25) is 0 Å². The lowest BCUT2D eigenvalue weighted by Gasteiger charge is -2.08. The smallest absolute Gasteiger partial charge is 0.312 e. The van der Waals surface area contributed by atoms with Crippen molar-refractivity contribution < 1.29 is 14.3 Å². The fourth-order valence-electron chi connectivity index (χ4n) is 2.42. The molecule has 0 amide bonds. The van der Waals surface area contributed by atoms with Gasteiger partial charge in [-0.15, -0.1) is 11.3 Å². The highest BCUT2D eigenvalue weighted by Crippen LogP contribution is 2.39. The SMILES string of the molecule is Cc1cc(F)c(Br)cc1Nc1nc2c(s1)CCC2C(=O)O. The Hall–Kier alpha value is -1.47. The van der Waals surface area contributed by atoms with Crippen molar-refractivity contribution >= 4 is 44.1 Å². The average Bonchev–Trinajstić information content (AvgIpc) is 2.95. The predicted molar refractivity (Wildman–Crippen MR) is 82.9 cm³/mol. The van der Waals surface area contributed by atoms with Gasteiger partial charge in [-0.25, -0.2) is 9.37 Å². The number of halogens is 2. The van der Waals surface area contributed by atoms with Gasteiger partial charge in [-0.1, -0.05) is 0 Å². The van der Waals surface area contributed by atoms with Crippen LogP contribution in [0.15, 0.2) is 16.6 Å². The normalized spacial score (nSPS) is 16.8. The third kappa shape index (κ3) is 2.67. The van der Waals surface area contributed by atoms with Gasteiger partial charge < -0.3 is 10.4 Å². The van der Waals surface area contributed by atoms with Crippen LogP contribution in [-0.4, -0.2) is 16.1 Å². The zero-order chi connectivity index (χ0) is 15.1. The fraction of sp³-hybridized carbons (Fsp3) is 0.286. The molecule has 0 spiro atoms. The van der Waals surface area contributed by atoms with E-state index in [9.17, 15) is 9.18 Å². The molecule has 110 valence electrons. The second kappa shape index (κ2) is 5.38. The summed E-state index contributed by atoms with van der Waals surface area (Å²) >= 11 is 4.62. The van der Waals surface area contributed by atoms with Gasteiger partial charge in [0, 0.05) is 10.6 Å². The summed E-state index contributed by atoms with van der Waals surface area (Å²) in [7, 11) is 0. The summed E-state index contributed by atoms with van der Waals surface area (Å²) < 4.78 is 13.8. The Bertz CT molecular complexity index is 732. The number of rotatable bonds is 3. The average molecular weight is 371 g/mol. The molecule has 21 heavy (non-hydrogen) atoms. The van der Waals surface area contributed by atoms with Gasteiger partial charge in [0.05, 0.1) is 10.2 Å². The van der Waals surface area contributed by atoms with Crippen molar-refractivity contribution in [1.82, 2.24) is 4.98 Å². The van der Waals surface area contributed by atoms with Crippen LogP contribution in [0.25, 0.3) is 0 Å². The number of carboxylic acids is 1. The van der Waals surface area contributed by atoms with Gasteiger partial charge >= 0.3 is 5.97 Å². The highest BCUT2D eigenvalue weighted by atomic mass is 79.9. The van der Waals surface area contributed by atoms with Crippen molar-refractivity contribution in [1.29, 1.82) is 0 Å². The molecule has 1 aromatic carbocycles. The molecule has 4 nitrogen and oxygen atoms in total. The van der Waals surface area contributed by atoms with Crippen molar-refractivity contribution in [2.75, 3.05) is 5.32 Å². The molecule has 0 bridgehead atoms. The highest BCUT2D eigenvalue weighted by Gasteiger charge is 2.32. The number of carboxylic acid groups (broad SMARTS) is 1.